The van der Waals surface area contributed by atoms with Gasteiger partial charge in [0.15, 0.2) is 0 Å². The topological polar surface area (TPSA) is 57.4 Å². The number of nitrogens with zero attached hydrogens (tertiary/aromatic N) is 1. The highest BCUT2D eigenvalue weighted by atomic mass is 16.5. The fourth-order valence-corrected chi connectivity index (χ4v) is 1.92. The first-order valence-electron chi connectivity index (χ1n) is 6.66. The van der Waals surface area contributed by atoms with Gasteiger partial charge in [0, 0.05) is 6.20 Å². The third-order valence-corrected chi connectivity index (χ3v) is 2.99. The number of aromatic nitrogens is 1. The predicted octanol–water partition coefficient (Wildman–Crippen LogP) is 2.31. The van der Waals surface area contributed by atoms with Crippen molar-refractivity contribution in [3.63, 3.8) is 0 Å². The van der Waals surface area contributed by atoms with E-state index in [0.29, 0.717) is 19.8 Å². The summed E-state index contributed by atoms with van der Waals surface area (Å²) >= 11 is 0. The molecule has 2 N–H and O–H groups in total. The minimum atomic E-state index is 0.504. The van der Waals surface area contributed by atoms with Crippen molar-refractivity contribution in [2.45, 2.75) is 19.6 Å². The van der Waals surface area contributed by atoms with Gasteiger partial charge in [-0.15, -0.1) is 0 Å². The van der Waals surface area contributed by atoms with E-state index in [1.807, 2.05) is 36.4 Å². The van der Waals surface area contributed by atoms with Crippen molar-refractivity contribution >= 4 is 0 Å². The molecule has 20 heavy (non-hydrogen) atoms. The number of methoxy groups -OCH3 is 1. The Balaban J connectivity index is 1.84. The van der Waals surface area contributed by atoms with Gasteiger partial charge in [0.05, 0.1) is 26.0 Å². The van der Waals surface area contributed by atoms with E-state index < -0.39 is 0 Å². The number of ether oxygens (including phenoxy) is 2. The summed E-state index contributed by atoms with van der Waals surface area (Å²) in [6, 6.07) is 11.9. The molecule has 2 aromatic rings. The average molecular weight is 272 g/mol. The average Bonchev–Trinajstić information content (AvgIpc) is 2.49. The molecule has 0 saturated carbocycles. The lowest BCUT2D eigenvalue weighted by Gasteiger charge is -2.06. The van der Waals surface area contributed by atoms with Crippen LogP contribution in [-0.4, -0.2) is 18.6 Å². The molecule has 0 saturated heterocycles. The van der Waals surface area contributed by atoms with E-state index in [4.69, 9.17) is 15.2 Å². The summed E-state index contributed by atoms with van der Waals surface area (Å²) in [6.45, 7) is 1.72. The monoisotopic (exact) mass is 272 g/mol. The maximum absolute atomic E-state index is 5.68. The van der Waals surface area contributed by atoms with Crippen LogP contribution in [0.3, 0.4) is 0 Å². The third-order valence-electron chi connectivity index (χ3n) is 2.99. The number of hydrogen-bond donors (Lipinski definition) is 1. The molecule has 1 aromatic carbocycles. The van der Waals surface area contributed by atoms with Crippen LogP contribution in [0, 0.1) is 0 Å². The lowest BCUT2D eigenvalue weighted by Crippen LogP contribution is -2.04. The van der Waals surface area contributed by atoms with Crippen LogP contribution in [0.5, 0.6) is 5.75 Å². The largest absolute Gasteiger partial charge is 0.497 e. The Labute approximate surface area is 119 Å². The summed E-state index contributed by atoms with van der Waals surface area (Å²) < 4.78 is 10.8. The molecule has 106 valence electrons. The summed E-state index contributed by atoms with van der Waals surface area (Å²) in [5.74, 6) is 0.852. The molecule has 0 spiro atoms. The first kappa shape index (κ1) is 14.5. The van der Waals surface area contributed by atoms with E-state index in [1.54, 1.807) is 13.3 Å². The summed E-state index contributed by atoms with van der Waals surface area (Å²) in [5, 5.41) is 0. The van der Waals surface area contributed by atoms with Gasteiger partial charge >= 0.3 is 0 Å². The first-order valence-corrected chi connectivity index (χ1v) is 6.66. The minimum Gasteiger partial charge on any atom is -0.497 e. The molecule has 0 amide bonds. The Bertz CT molecular complexity index is 526. The summed E-state index contributed by atoms with van der Waals surface area (Å²) in [4.78, 5) is 4.29. The summed E-state index contributed by atoms with van der Waals surface area (Å²) in [7, 11) is 1.66. The molecule has 4 nitrogen and oxygen atoms in total. The second kappa shape index (κ2) is 7.62. The van der Waals surface area contributed by atoms with Crippen LogP contribution in [0.15, 0.2) is 42.6 Å². The Morgan fingerprint density at radius 1 is 1.05 bits per heavy atom. The van der Waals surface area contributed by atoms with Crippen molar-refractivity contribution in [3.05, 3.63) is 59.4 Å². The molecular weight excluding hydrogens is 252 g/mol. The van der Waals surface area contributed by atoms with Crippen LogP contribution >= 0.6 is 0 Å². The zero-order valence-corrected chi connectivity index (χ0v) is 11.7. The Hall–Kier alpha value is -1.91. The number of rotatable bonds is 7. The van der Waals surface area contributed by atoms with Gasteiger partial charge in [-0.1, -0.05) is 12.1 Å². The highest BCUT2D eigenvalue weighted by Gasteiger charge is 1.99. The molecule has 0 fully saturated rings. The van der Waals surface area contributed by atoms with Gasteiger partial charge in [-0.2, -0.15) is 0 Å². The van der Waals surface area contributed by atoms with Gasteiger partial charge < -0.3 is 15.2 Å². The fraction of sp³-hybridized carbons (Fsp3) is 0.312. The van der Waals surface area contributed by atoms with Gasteiger partial charge in [0.25, 0.3) is 0 Å². The quantitative estimate of drug-likeness (QED) is 0.840. The molecule has 0 radical (unpaired) electrons. The third kappa shape index (κ3) is 4.33. The molecule has 0 aliphatic rings. The Morgan fingerprint density at radius 3 is 2.55 bits per heavy atom. The van der Waals surface area contributed by atoms with Crippen molar-refractivity contribution in [2.75, 3.05) is 13.7 Å². The predicted molar refractivity (Wildman–Crippen MR) is 78.5 cm³/mol. The number of benzene rings is 1. The number of hydrogen-bond acceptors (Lipinski definition) is 4. The molecule has 0 aliphatic heterocycles. The Morgan fingerprint density at radius 2 is 1.85 bits per heavy atom. The molecule has 0 bridgehead atoms. The van der Waals surface area contributed by atoms with Gasteiger partial charge in [-0.3, -0.25) is 4.98 Å². The lowest BCUT2D eigenvalue weighted by molar-refractivity contribution is 0.104. The normalized spacial score (nSPS) is 10.5. The highest BCUT2D eigenvalue weighted by molar-refractivity contribution is 5.26. The molecule has 0 atom stereocenters. The van der Waals surface area contributed by atoms with Crippen LogP contribution < -0.4 is 10.5 Å². The molecule has 0 unspecified atom stereocenters. The van der Waals surface area contributed by atoms with Gasteiger partial charge in [0.2, 0.25) is 0 Å². The second-order valence-electron chi connectivity index (χ2n) is 4.53. The maximum atomic E-state index is 5.68. The van der Waals surface area contributed by atoms with E-state index in [1.165, 1.54) is 5.56 Å². The molecule has 4 heteroatoms. The van der Waals surface area contributed by atoms with Crippen molar-refractivity contribution < 1.29 is 9.47 Å². The van der Waals surface area contributed by atoms with Crippen LogP contribution in [-0.2, 0) is 24.4 Å². The SMILES string of the molecule is COc1ccc(COCc2cc(CCN)ccn2)cc1. The summed E-state index contributed by atoms with van der Waals surface area (Å²) in [6.07, 6.45) is 2.67. The van der Waals surface area contributed by atoms with E-state index in [9.17, 15) is 0 Å². The van der Waals surface area contributed by atoms with Crippen LogP contribution in [0.4, 0.5) is 0 Å². The van der Waals surface area contributed by atoms with Gasteiger partial charge in [0.1, 0.15) is 5.75 Å². The molecular formula is C16H20N2O2. The van der Waals surface area contributed by atoms with Crippen molar-refractivity contribution in [3.8, 4) is 5.75 Å². The Kier molecular flexibility index (Phi) is 5.53. The van der Waals surface area contributed by atoms with E-state index in [2.05, 4.69) is 4.98 Å². The molecule has 1 aromatic heterocycles. The van der Waals surface area contributed by atoms with E-state index in [-0.39, 0.29) is 0 Å². The highest BCUT2D eigenvalue weighted by Crippen LogP contribution is 2.12. The van der Waals surface area contributed by atoms with Crippen LogP contribution in [0.1, 0.15) is 16.8 Å². The minimum absolute atomic E-state index is 0.504. The number of nitrogens with two attached hydrogens (primary N) is 1. The summed E-state index contributed by atoms with van der Waals surface area (Å²) in [5.41, 5.74) is 8.80. The molecule has 2 rings (SSSR count). The zero-order valence-electron chi connectivity index (χ0n) is 11.7. The fourth-order valence-electron chi connectivity index (χ4n) is 1.92. The van der Waals surface area contributed by atoms with E-state index >= 15 is 0 Å². The maximum Gasteiger partial charge on any atom is 0.118 e. The zero-order chi connectivity index (χ0) is 14.2. The number of pyridine rings is 1. The van der Waals surface area contributed by atoms with Gasteiger partial charge in [-0.05, 0) is 48.4 Å². The lowest BCUT2D eigenvalue weighted by atomic mass is 10.2. The van der Waals surface area contributed by atoms with Gasteiger partial charge in [-0.25, -0.2) is 0 Å². The first-order chi connectivity index (χ1) is 9.81. The van der Waals surface area contributed by atoms with E-state index in [0.717, 1.165) is 23.4 Å². The van der Waals surface area contributed by atoms with Crippen molar-refractivity contribution in [1.29, 1.82) is 0 Å². The van der Waals surface area contributed by atoms with Crippen LogP contribution in [0.2, 0.25) is 0 Å². The second-order valence-corrected chi connectivity index (χ2v) is 4.53. The van der Waals surface area contributed by atoms with Crippen molar-refractivity contribution in [2.24, 2.45) is 5.73 Å². The van der Waals surface area contributed by atoms with Crippen LogP contribution in [0.25, 0.3) is 0 Å². The molecule has 0 aliphatic carbocycles. The smallest absolute Gasteiger partial charge is 0.118 e. The molecule has 1 heterocycles. The standard InChI is InChI=1S/C16H20N2O2/c1-19-16-4-2-14(3-5-16)11-20-12-15-10-13(6-8-17)7-9-18-15/h2-5,7,9-10H,6,8,11-12,17H2,1H3. The van der Waals surface area contributed by atoms with Crippen molar-refractivity contribution in [1.82, 2.24) is 4.98 Å².